The topological polar surface area (TPSA) is 79.8 Å². The molecule has 0 bridgehead atoms. The van der Waals surface area contributed by atoms with E-state index < -0.39 is 0 Å². The molecule has 120 valence electrons. The lowest BCUT2D eigenvalue weighted by molar-refractivity contribution is -0.121. The van der Waals surface area contributed by atoms with Crippen molar-refractivity contribution in [1.29, 1.82) is 0 Å². The Labute approximate surface area is 133 Å². The van der Waals surface area contributed by atoms with E-state index >= 15 is 0 Å². The highest BCUT2D eigenvalue weighted by atomic mass is 16.2. The summed E-state index contributed by atoms with van der Waals surface area (Å²) in [6, 6.07) is 7.64. The lowest BCUT2D eigenvalue weighted by Gasteiger charge is -2.06. The number of amides is 1. The number of nitrogens with one attached hydrogen (secondary N) is 2. The largest absolute Gasteiger partial charge is 0.355 e. The third kappa shape index (κ3) is 3.11. The molecule has 0 aliphatic heterocycles. The summed E-state index contributed by atoms with van der Waals surface area (Å²) < 4.78 is 1.34. The van der Waals surface area contributed by atoms with Crippen molar-refractivity contribution < 1.29 is 4.79 Å². The minimum absolute atomic E-state index is 0.0107. The lowest BCUT2D eigenvalue weighted by atomic mass is 10.2. The maximum atomic E-state index is 12.5. The molecular formula is C17H20N4O2. The molecule has 0 fully saturated rings. The monoisotopic (exact) mass is 312 g/mol. The summed E-state index contributed by atoms with van der Waals surface area (Å²) in [7, 11) is 0. The first-order valence-corrected chi connectivity index (χ1v) is 7.93. The number of carbonyl (C=O) groups is 1. The second-order valence-electron chi connectivity index (χ2n) is 5.63. The molecule has 2 N–H and O–H groups in total. The molecule has 0 aliphatic carbocycles. The Morgan fingerprint density at radius 2 is 2.13 bits per heavy atom. The van der Waals surface area contributed by atoms with Gasteiger partial charge >= 0.3 is 0 Å². The zero-order valence-electron chi connectivity index (χ0n) is 13.1. The van der Waals surface area contributed by atoms with Gasteiger partial charge in [-0.2, -0.15) is 0 Å². The summed E-state index contributed by atoms with van der Waals surface area (Å²) in [4.78, 5) is 31.9. The van der Waals surface area contributed by atoms with E-state index in [-0.39, 0.29) is 18.0 Å². The van der Waals surface area contributed by atoms with Crippen LogP contribution in [0.25, 0.3) is 21.9 Å². The molecular weight excluding hydrogens is 292 g/mol. The summed E-state index contributed by atoms with van der Waals surface area (Å²) in [6.07, 6.45) is 4.59. The van der Waals surface area contributed by atoms with Gasteiger partial charge in [0.05, 0.1) is 6.33 Å². The zero-order chi connectivity index (χ0) is 16.2. The van der Waals surface area contributed by atoms with Gasteiger partial charge in [0.15, 0.2) is 0 Å². The van der Waals surface area contributed by atoms with Crippen LogP contribution in [-0.2, 0) is 11.3 Å². The van der Waals surface area contributed by atoms with Gasteiger partial charge < -0.3 is 10.3 Å². The highest BCUT2D eigenvalue weighted by Gasteiger charge is 2.12. The van der Waals surface area contributed by atoms with Crippen molar-refractivity contribution >= 4 is 27.8 Å². The molecule has 0 atom stereocenters. The molecule has 23 heavy (non-hydrogen) atoms. The minimum atomic E-state index is -0.227. The fourth-order valence-corrected chi connectivity index (χ4v) is 2.67. The molecule has 0 spiro atoms. The fourth-order valence-electron chi connectivity index (χ4n) is 2.67. The number of benzene rings is 1. The number of hydrogen-bond acceptors (Lipinski definition) is 3. The normalized spacial score (nSPS) is 11.2. The van der Waals surface area contributed by atoms with Crippen LogP contribution in [0.5, 0.6) is 0 Å². The standard InChI is InChI=1S/C17H20N4O2/c1-2-3-6-9-18-14(22)10-21-11-19-15-12-7-4-5-8-13(12)20-16(15)17(21)23/h4-5,7-8,11,20H,2-3,6,9-10H2,1H3,(H,18,22). The minimum Gasteiger partial charge on any atom is -0.355 e. The van der Waals surface area contributed by atoms with Gasteiger partial charge in [0, 0.05) is 17.4 Å². The van der Waals surface area contributed by atoms with Gasteiger partial charge in [0.25, 0.3) is 5.56 Å². The van der Waals surface area contributed by atoms with Crippen LogP contribution in [0.4, 0.5) is 0 Å². The number of aromatic amines is 1. The maximum Gasteiger partial charge on any atom is 0.278 e. The average molecular weight is 312 g/mol. The molecule has 3 rings (SSSR count). The number of H-pyrrole nitrogens is 1. The number of nitrogens with zero attached hydrogens (tertiary/aromatic N) is 2. The predicted molar refractivity (Wildman–Crippen MR) is 90.4 cm³/mol. The van der Waals surface area contributed by atoms with Crippen LogP contribution in [-0.4, -0.2) is 27.0 Å². The van der Waals surface area contributed by atoms with Gasteiger partial charge in [0.1, 0.15) is 17.6 Å². The van der Waals surface area contributed by atoms with Crippen molar-refractivity contribution in [1.82, 2.24) is 19.9 Å². The van der Waals surface area contributed by atoms with E-state index in [1.807, 2.05) is 24.3 Å². The molecule has 1 aromatic carbocycles. The Morgan fingerprint density at radius 1 is 1.30 bits per heavy atom. The SMILES string of the molecule is CCCCCNC(=O)Cn1cnc2c([nH]c3ccccc32)c1=O. The van der Waals surface area contributed by atoms with Crippen LogP contribution in [0, 0.1) is 0 Å². The molecule has 0 saturated carbocycles. The number of hydrogen-bond donors (Lipinski definition) is 2. The van der Waals surface area contributed by atoms with Crippen LogP contribution >= 0.6 is 0 Å². The molecule has 0 aliphatic rings. The molecule has 0 saturated heterocycles. The quantitative estimate of drug-likeness (QED) is 0.685. The van der Waals surface area contributed by atoms with E-state index in [1.165, 1.54) is 10.9 Å². The summed E-state index contributed by atoms with van der Waals surface area (Å²) >= 11 is 0. The van der Waals surface area contributed by atoms with E-state index in [4.69, 9.17) is 0 Å². The molecule has 1 amide bonds. The molecule has 6 nitrogen and oxygen atoms in total. The summed E-state index contributed by atoms with van der Waals surface area (Å²) in [5, 5.41) is 3.74. The fraction of sp³-hybridized carbons (Fsp3) is 0.353. The Kier molecular flexibility index (Phi) is 4.41. The van der Waals surface area contributed by atoms with Crippen molar-refractivity contribution in [3.8, 4) is 0 Å². The Balaban J connectivity index is 1.82. The van der Waals surface area contributed by atoms with Gasteiger partial charge in [-0.15, -0.1) is 0 Å². The maximum absolute atomic E-state index is 12.5. The van der Waals surface area contributed by atoms with Gasteiger partial charge in [-0.25, -0.2) is 4.98 Å². The first kappa shape index (κ1) is 15.3. The van der Waals surface area contributed by atoms with Gasteiger partial charge in [-0.3, -0.25) is 14.2 Å². The van der Waals surface area contributed by atoms with E-state index in [1.54, 1.807) is 0 Å². The number of rotatable bonds is 6. The van der Waals surface area contributed by atoms with Crippen LogP contribution in [0.15, 0.2) is 35.4 Å². The molecule has 3 aromatic rings. The lowest BCUT2D eigenvalue weighted by Crippen LogP contribution is -2.33. The number of unbranched alkanes of at least 4 members (excludes halogenated alkanes) is 2. The van der Waals surface area contributed by atoms with Crippen LogP contribution < -0.4 is 10.9 Å². The van der Waals surface area contributed by atoms with Crippen LogP contribution in [0.2, 0.25) is 0 Å². The third-order valence-corrected chi connectivity index (χ3v) is 3.90. The smallest absolute Gasteiger partial charge is 0.278 e. The van der Waals surface area contributed by atoms with Crippen molar-refractivity contribution in [2.75, 3.05) is 6.54 Å². The first-order chi connectivity index (χ1) is 11.2. The molecule has 6 heteroatoms. The van der Waals surface area contributed by atoms with Gasteiger partial charge in [-0.1, -0.05) is 38.0 Å². The van der Waals surface area contributed by atoms with Gasteiger partial charge in [0.2, 0.25) is 5.91 Å². The molecule has 0 radical (unpaired) electrons. The first-order valence-electron chi connectivity index (χ1n) is 7.93. The highest BCUT2D eigenvalue weighted by Crippen LogP contribution is 2.20. The summed E-state index contributed by atoms with van der Waals surface area (Å²) in [5.74, 6) is -0.166. The van der Waals surface area contributed by atoms with Crippen LogP contribution in [0.3, 0.4) is 0 Å². The second kappa shape index (κ2) is 6.64. The van der Waals surface area contributed by atoms with Crippen molar-refractivity contribution in [3.05, 3.63) is 40.9 Å². The predicted octanol–water partition coefficient (Wildman–Crippen LogP) is 2.18. The molecule has 2 aromatic heterocycles. The number of carbonyl (C=O) groups excluding carboxylic acids is 1. The average Bonchev–Trinajstić information content (AvgIpc) is 2.94. The van der Waals surface area contributed by atoms with E-state index in [0.717, 1.165) is 30.2 Å². The zero-order valence-corrected chi connectivity index (χ0v) is 13.1. The van der Waals surface area contributed by atoms with E-state index in [0.29, 0.717) is 17.6 Å². The Bertz CT molecular complexity index is 894. The summed E-state index contributed by atoms with van der Waals surface area (Å²) in [5.41, 5.74) is 1.72. The molecule has 0 unspecified atom stereocenters. The van der Waals surface area contributed by atoms with Crippen molar-refractivity contribution in [2.24, 2.45) is 0 Å². The number of aromatic nitrogens is 3. The van der Waals surface area contributed by atoms with Gasteiger partial charge in [-0.05, 0) is 12.5 Å². The van der Waals surface area contributed by atoms with Crippen LogP contribution in [0.1, 0.15) is 26.2 Å². The number of para-hydroxylation sites is 1. The van der Waals surface area contributed by atoms with E-state index in [2.05, 4.69) is 22.2 Å². The van der Waals surface area contributed by atoms with Crippen molar-refractivity contribution in [3.63, 3.8) is 0 Å². The Morgan fingerprint density at radius 3 is 2.96 bits per heavy atom. The Hall–Kier alpha value is -2.63. The third-order valence-electron chi connectivity index (χ3n) is 3.90. The summed E-state index contributed by atoms with van der Waals surface area (Å²) in [6.45, 7) is 2.75. The highest BCUT2D eigenvalue weighted by molar-refractivity contribution is 6.04. The molecule has 2 heterocycles. The number of fused-ring (bicyclic) bond motifs is 3. The van der Waals surface area contributed by atoms with Crippen molar-refractivity contribution in [2.45, 2.75) is 32.7 Å². The second-order valence-corrected chi connectivity index (χ2v) is 5.63. The van der Waals surface area contributed by atoms with E-state index in [9.17, 15) is 9.59 Å².